The minimum atomic E-state index is -0.820. The van der Waals surface area contributed by atoms with E-state index in [1.54, 1.807) is 0 Å². The van der Waals surface area contributed by atoms with Crippen molar-refractivity contribution in [3.05, 3.63) is 0 Å². The molecule has 0 saturated heterocycles. The molecular weight excluding hydrogens is 256 g/mol. The van der Waals surface area contributed by atoms with Gasteiger partial charge in [0.25, 0.3) is 0 Å². The Labute approximate surface area is 119 Å². The van der Waals surface area contributed by atoms with Crippen molar-refractivity contribution in [2.75, 3.05) is 19.6 Å². The molecule has 0 unspecified atom stereocenters. The highest BCUT2D eigenvalue weighted by molar-refractivity contribution is 5.76. The van der Waals surface area contributed by atoms with Crippen LogP contribution in [0.5, 0.6) is 0 Å². The lowest BCUT2D eigenvalue weighted by Gasteiger charge is -2.31. The molecule has 2 amide bonds. The smallest absolute Gasteiger partial charge is 0.320 e. The van der Waals surface area contributed by atoms with Crippen LogP contribution in [0.4, 0.5) is 4.79 Å². The van der Waals surface area contributed by atoms with Crippen molar-refractivity contribution >= 4 is 12.0 Å². The summed E-state index contributed by atoms with van der Waals surface area (Å²) in [6.45, 7) is 2.13. The van der Waals surface area contributed by atoms with Crippen LogP contribution in [0.15, 0.2) is 0 Å². The molecule has 20 heavy (non-hydrogen) atoms. The number of carboxylic acid groups (broad SMARTS) is 1. The fraction of sp³-hybridized carbons (Fsp3) is 0.867. The van der Waals surface area contributed by atoms with Crippen LogP contribution in [0, 0.1) is 11.8 Å². The molecule has 5 nitrogen and oxygen atoms in total. The predicted octanol–water partition coefficient (Wildman–Crippen LogP) is 2.17. The molecule has 3 fully saturated rings. The van der Waals surface area contributed by atoms with Gasteiger partial charge in [0.05, 0.1) is 6.42 Å². The number of carbonyl (C=O) groups is 2. The first-order chi connectivity index (χ1) is 9.63. The maximum Gasteiger partial charge on any atom is 0.320 e. The number of amides is 2. The lowest BCUT2D eigenvalue weighted by atomic mass is 10.3. The van der Waals surface area contributed by atoms with E-state index in [1.807, 2.05) is 9.80 Å². The van der Waals surface area contributed by atoms with Gasteiger partial charge in [-0.2, -0.15) is 0 Å². The Balaban J connectivity index is 1.59. The first-order valence-electron chi connectivity index (χ1n) is 7.91. The Hall–Kier alpha value is -1.26. The van der Waals surface area contributed by atoms with Crippen molar-refractivity contribution < 1.29 is 14.7 Å². The van der Waals surface area contributed by atoms with E-state index in [0.29, 0.717) is 24.4 Å². The lowest BCUT2D eigenvalue weighted by molar-refractivity contribution is -0.137. The van der Waals surface area contributed by atoms with Crippen LogP contribution >= 0.6 is 0 Å². The first-order valence-corrected chi connectivity index (χ1v) is 7.91. The minimum absolute atomic E-state index is 0.0585. The quantitative estimate of drug-likeness (QED) is 0.741. The van der Waals surface area contributed by atoms with Gasteiger partial charge in [0.1, 0.15) is 0 Å². The van der Waals surface area contributed by atoms with Crippen molar-refractivity contribution in [2.45, 2.75) is 51.0 Å². The monoisotopic (exact) mass is 280 g/mol. The Bertz CT molecular complexity index is 373. The molecule has 0 heterocycles. The van der Waals surface area contributed by atoms with Crippen LogP contribution in [0.1, 0.15) is 44.9 Å². The highest BCUT2D eigenvalue weighted by Crippen LogP contribution is 2.35. The van der Waals surface area contributed by atoms with Crippen LogP contribution in [0.25, 0.3) is 0 Å². The summed E-state index contributed by atoms with van der Waals surface area (Å²) < 4.78 is 0. The van der Waals surface area contributed by atoms with Gasteiger partial charge >= 0.3 is 12.0 Å². The number of carboxylic acids is 1. The molecular formula is C15H24N2O3. The minimum Gasteiger partial charge on any atom is -0.481 e. The summed E-state index contributed by atoms with van der Waals surface area (Å²) in [5, 5.41) is 8.84. The van der Waals surface area contributed by atoms with Gasteiger partial charge in [-0.3, -0.25) is 4.79 Å². The molecule has 0 radical (unpaired) electrons. The standard InChI is InChI=1S/C15H24N2O3/c18-14(19)7-8-17(13-5-6-13)15(20)16(9-11-1-2-11)10-12-3-4-12/h11-13H,1-10H2,(H,18,19). The van der Waals surface area contributed by atoms with Crippen molar-refractivity contribution in [2.24, 2.45) is 11.8 Å². The van der Waals surface area contributed by atoms with Gasteiger partial charge in [0.15, 0.2) is 0 Å². The number of rotatable bonds is 8. The zero-order chi connectivity index (χ0) is 14.1. The lowest BCUT2D eigenvalue weighted by Crippen LogP contribution is -2.46. The van der Waals surface area contributed by atoms with Gasteiger partial charge in [-0.25, -0.2) is 4.79 Å². The predicted molar refractivity (Wildman–Crippen MR) is 74.4 cm³/mol. The molecule has 3 rings (SSSR count). The van der Waals surface area contributed by atoms with Crippen molar-refractivity contribution in [3.8, 4) is 0 Å². The van der Waals surface area contributed by atoms with Gasteiger partial charge in [-0.1, -0.05) is 0 Å². The molecule has 0 bridgehead atoms. The normalized spacial score (nSPS) is 21.6. The Morgan fingerprint density at radius 2 is 1.50 bits per heavy atom. The number of urea groups is 1. The molecule has 3 saturated carbocycles. The number of carbonyl (C=O) groups excluding carboxylic acids is 1. The molecule has 112 valence electrons. The molecule has 0 aromatic heterocycles. The van der Waals surface area contributed by atoms with Crippen LogP contribution in [-0.2, 0) is 4.79 Å². The van der Waals surface area contributed by atoms with Gasteiger partial charge in [-0.15, -0.1) is 0 Å². The summed E-state index contributed by atoms with van der Waals surface area (Å²) in [7, 11) is 0. The number of aliphatic carboxylic acids is 1. The van der Waals surface area contributed by atoms with Crippen LogP contribution in [0.3, 0.4) is 0 Å². The van der Waals surface area contributed by atoms with E-state index < -0.39 is 5.97 Å². The third kappa shape index (κ3) is 3.87. The van der Waals surface area contributed by atoms with Gasteiger partial charge in [0.2, 0.25) is 0 Å². The number of hydrogen-bond acceptors (Lipinski definition) is 2. The average molecular weight is 280 g/mol. The van der Waals surface area contributed by atoms with Gasteiger partial charge in [0, 0.05) is 25.7 Å². The molecule has 5 heteroatoms. The molecule has 3 aliphatic rings. The Kier molecular flexibility index (Phi) is 3.85. The summed E-state index contributed by atoms with van der Waals surface area (Å²) in [6.07, 6.45) is 7.10. The second-order valence-electron chi connectivity index (χ2n) is 6.64. The van der Waals surface area contributed by atoms with Crippen molar-refractivity contribution in [1.29, 1.82) is 0 Å². The molecule has 0 aliphatic heterocycles. The van der Waals surface area contributed by atoms with E-state index in [4.69, 9.17) is 5.11 Å². The van der Waals surface area contributed by atoms with Crippen LogP contribution in [0.2, 0.25) is 0 Å². The molecule has 1 N–H and O–H groups in total. The summed E-state index contributed by atoms with van der Waals surface area (Å²) in [5.41, 5.74) is 0. The number of nitrogens with zero attached hydrogens (tertiary/aromatic N) is 2. The highest BCUT2D eigenvalue weighted by atomic mass is 16.4. The third-order valence-corrected chi connectivity index (χ3v) is 4.42. The summed E-state index contributed by atoms with van der Waals surface area (Å²) >= 11 is 0. The zero-order valence-electron chi connectivity index (χ0n) is 12.0. The molecule has 0 aromatic rings. The summed E-state index contributed by atoms with van der Waals surface area (Å²) in [4.78, 5) is 27.3. The van der Waals surface area contributed by atoms with E-state index in [-0.39, 0.29) is 12.5 Å². The van der Waals surface area contributed by atoms with Crippen molar-refractivity contribution in [1.82, 2.24) is 9.80 Å². The fourth-order valence-corrected chi connectivity index (χ4v) is 2.67. The van der Waals surface area contributed by atoms with Crippen LogP contribution in [-0.4, -0.2) is 52.6 Å². The maximum absolute atomic E-state index is 12.7. The second-order valence-corrected chi connectivity index (χ2v) is 6.64. The zero-order valence-corrected chi connectivity index (χ0v) is 12.0. The SMILES string of the molecule is O=C(O)CCN(C(=O)N(CC1CC1)CC1CC1)C1CC1. The molecule has 3 aliphatic carbocycles. The van der Waals surface area contributed by atoms with Gasteiger partial charge in [-0.05, 0) is 50.4 Å². The summed E-state index contributed by atoms with van der Waals surface area (Å²) in [6, 6.07) is 0.385. The topological polar surface area (TPSA) is 60.9 Å². The second kappa shape index (κ2) is 5.62. The average Bonchev–Trinajstić information content (AvgIpc) is 3.25. The Morgan fingerprint density at radius 1 is 0.950 bits per heavy atom. The summed E-state index contributed by atoms with van der Waals surface area (Å²) in [5.74, 6) is 0.566. The largest absolute Gasteiger partial charge is 0.481 e. The molecule has 0 atom stereocenters. The first kappa shape index (κ1) is 13.7. The third-order valence-electron chi connectivity index (χ3n) is 4.42. The van der Waals surface area contributed by atoms with E-state index in [9.17, 15) is 9.59 Å². The maximum atomic E-state index is 12.7. The van der Waals surface area contributed by atoms with E-state index in [2.05, 4.69) is 0 Å². The Morgan fingerprint density at radius 3 is 1.90 bits per heavy atom. The van der Waals surface area contributed by atoms with E-state index >= 15 is 0 Å². The van der Waals surface area contributed by atoms with Crippen molar-refractivity contribution in [3.63, 3.8) is 0 Å². The van der Waals surface area contributed by atoms with Crippen LogP contribution < -0.4 is 0 Å². The highest BCUT2D eigenvalue weighted by Gasteiger charge is 2.38. The van der Waals surface area contributed by atoms with E-state index in [1.165, 1.54) is 25.7 Å². The molecule has 0 aromatic carbocycles. The van der Waals surface area contributed by atoms with Gasteiger partial charge < -0.3 is 14.9 Å². The fourth-order valence-electron chi connectivity index (χ4n) is 2.67. The molecule has 0 spiro atoms. The van der Waals surface area contributed by atoms with E-state index in [0.717, 1.165) is 25.9 Å². The number of hydrogen-bond donors (Lipinski definition) is 1.